The normalized spacial score (nSPS) is 38.8. The molecule has 24 heavy (non-hydrogen) atoms. The largest absolute Gasteiger partial charge is 0.486 e. The number of fused-ring (bicyclic) bond motifs is 1. The highest BCUT2D eigenvalue weighted by atomic mass is 16.6. The third kappa shape index (κ3) is 2.38. The standard InChI is InChI=1S/C20H25NO3/c22-19(20-8-13-5-14(9-20)7-15(6-13)10-20)21-11-16-12-23-17-3-1-2-4-18(17)24-16/h1-4,13-16H,5-12H2,(H,21,22)/t13?,14?,15?,16-,20?/m1/s1. The highest BCUT2D eigenvalue weighted by Crippen LogP contribution is 2.60. The Morgan fingerprint density at radius 1 is 1.04 bits per heavy atom. The summed E-state index contributed by atoms with van der Waals surface area (Å²) in [5, 5.41) is 3.20. The molecule has 5 aliphatic rings. The molecule has 1 amide bonds. The second kappa shape index (κ2) is 5.40. The molecule has 128 valence electrons. The van der Waals surface area contributed by atoms with E-state index >= 15 is 0 Å². The molecule has 4 fully saturated rings. The highest BCUT2D eigenvalue weighted by molar-refractivity contribution is 5.83. The van der Waals surface area contributed by atoms with Crippen molar-refractivity contribution in [3.8, 4) is 11.5 Å². The molecule has 0 radical (unpaired) electrons. The van der Waals surface area contributed by atoms with Crippen LogP contribution < -0.4 is 14.8 Å². The first-order valence-corrected chi connectivity index (χ1v) is 9.37. The average molecular weight is 327 g/mol. The summed E-state index contributed by atoms with van der Waals surface area (Å²) in [4.78, 5) is 13.0. The summed E-state index contributed by atoms with van der Waals surface area (Å²) < 4.78 is 11.7. The molecule has 0 unspecified atom stereocenters. The predicted octanol–water partition coefficient (Wildman–Crippen LogP) is 3.16. The lowest BCUT2D eigenvalue weighted by Crippen LogP contribution is -2.55. The van der Waals surface area contributed by atoms with Crippen molar-refractivity contribution < 1.29 is 14.3 Å². The van der Waals surface area contributed by atoms with Gasteiger partial charge in [-0.2, -0.15) is 0 Å². The molecule has 0 spiro atoms. The fourth-order valence-corrected chi connectivity index (χ4v) is 5.95. The Bertz CT molecular complexity index is 621. The molecule has 4 aliphatic carbocycles. The van der Waals surface area contributed by atoms with Gasteiger partial charge in [0.2, 0.25) is 5.91 Å². The lowest BCUT2D eigenvalue weighted by Gasteiger charge is -2.55. The summed E-state index contributed by atoms with van der Waals surface area (Å²) in [6, 6.07) is 7.72. The molecule has 1 heterocycles. The number of hydrogen-bond acceptors (Lipinski definition) is 3. The first-order chi connectivity index (χ1) is 11.7. The number of benzene rings is 1. The first-order valence-electron chi connectivity index (χ1n) is 9.37. The molecule has 0 saturated heterocycles. The lowest BCUT2D eigenvalue weighted by atomic mass is 9.49. The maximum Gasteiger partial charge on any atom is 0.226 e. The fraction of sp³-hybridized carbons (Fsp3) is 0.650. The minimum atomic E-state index is -0.0993. The molecule has 1 N–H and O–H groups in total. The molecule has 1 atom stereocenters. The Morgan fingerprint density at radius 3 is 2.33 bits per heavy atom. The maximum absolute atomic E-state index is 13.0. The van der Waals surface area contributed by atoms with Crippen LogP contribution in [-0.2, 0) is 4.79 Å². The molecule has 1 aromatic carbocycles. The van der Waals surface area contributed by atoms with Gasteiger partial charge in [-0.25, -0.2) is 0 Å². The number of nitrogens with one attached hydrogen (secondary N) is 1. The molecule has 4 bridgehead atoms. The summed E-state index contributed by atoms with van der Waals surface area (Å²) in [5.74, 6) is 4.22. The van der Waals surface area contributed by atoms with Gasteiger partial charge in [0.15, 0.2) is 11.5 Å². The van der Waals surface area contributed by atoms with Gasteiger partial charge in [0.25, 0.3) is 0 Å². The Balaban J connectivity index is 1.22. The molecule has 4 heteroatoms. The van der Waals surface area contributed by atoms with Crippen LogP contribution >= 0.6 is 0 Å². The SMILES string of the molecule is O=C(NC[C@@H]1COc2ccccc2O1)C12CC3CC(CC(C3)C1)C2. The molecule has 4 saturated carbocycles. The number of para-hydroxylation sites is 2. The number of carbonyl (C=O) groups excluding carboxylic acids is 1. The number of ether oxygens (including phenoxy) is 2. The van der Waals surface area contributed by atoms with Crippen LogP contribution in [0.5, 0.6) is 11.5 Å². The molecular formula is C20H25NO3. The van der Waals surface area contributed by atoms with Crippen molar-refractivity contribution in [1.29, 1.82) is 0 Å². The van der Waals surface area contributed by atoms with Crippen molar-refractivity contribution in [1.82, 2.24) is 5.32 Å². The number of hydrogen-bond donors (Lipinski definition) is 1. The van der Waals surface area contributed by atoms with Gasteiger partial charge in [-0.05, 0) is 68.4 Å². The van der Waals surface area contributed by atoms with Crippen molar-refractivity contribution >= 4 is 5.91 Å². The Morgan fingerprint density at radius 2 is 1.67 bits per heavy atom. The van der Waals surface area contributed by atoms with Gasteiger partial charge in [0, 0.05) is 5.41 Å². The summed E-state index contributed by atoms with van der Waals surface area (Å²) in [7, 11) is 0. The topological polar surface area (TPSA) is 47.6 Å². The molecular weight excluding hydrogens is 302 g/mol. The zero-order valence-corrected chi connectivity index (χ0v) is 14.0. The summed E-state index contributed by atoms with van der Waals surface area (Å²) >= 11 is 0. The van der Waals surface area contributed by atoms with Crippen molar-refractivity contribution in [2.75, 3.05) is 13.2 Å². The van der Waals surface area contributed by atoms with Crippen LogP contribution in [0.2, 0.25) is 0 Å². The van der Waals surface area contributed by atoms with E-state index < -0.39 is 0 Å². The summed E-state index contributed by atoms with van der Waals surface area (Å²) in [6.45, 7) is 1.03. The van der Waals surface area contributed by atoms with Gasteiger partial charge in [-0.1, -0.05) is 12.1 Å². The second-order valence-electron chi connectivity index (χ2n) is 8.41. The number of carbonyl (C=O) groups is 1. The molecule has 6 rings (SSSR count). The minimum Gasteiger partial charge on any atom is -0.486 e. The van der Waals surface area contributed by atoms with Gasteiger partial charge in [-0.15, -0.1) is 0 Å². The van der Waals surface area contributed by atoms with Crippen LogP contribution in [0.15, 0.2) is 24.3 Å². The van der Waals surface area contributed by atoms with Crippen LogP contribution in [0, 0.1) is 23.2 Å². The van der Waals surface area contributed by atoms with Gasteiger partial charge in [0.1, 0.15) is 12.7 Å². The van der Waals surface area contributed by atoms with Crippen molar-refractivity contribution in [3.05, 3.63) is 24.3 Å². The smallest absolute Gasteiger partial charge is 0.226 e. The van der Waals surface area contributed by atoms with E-state index in [9.17, 15) is 4.79 Å². The monoisotopic (exact) mass is 327 g/mol. The van der Waals surface area contributed by atoms with Gasteiger partial charge >= 0.3 is 0 Å². The van der Waals surface area contributed by atoms with Gasteiger partial charge in [-0.3, -0.25) is 4.79 Å². The highest BCUT2D eigenvalue weighted by Gasteiger charge is 2.54. The van der Waals surface area contributed by atoms with E-state index in [1.807, 2.05) is 24.3 Å². The fourth-order valence-electron chi connectivity index (χ4n) is 5.95. The van der Waals surface area contributed by atoms with Crippen LogP contribution in [0.4, 0.5) is 0 Å². The van der Waals surface area contributed by atoms with E-state index in [-0.39, 0.29) is 17.4 Å². The Hall–Kier alpha value is -1.71. The van der Waals surface area contributed by atoms with Crippen molar-refractivity contribution in [2.24, 2.45) is 23.2 Å². The predicted molar refractivity (Wildman–Crippen MR) is 90.0 cm³/mol. The molecule has 1 aliphatic heterocycles. The van der Waals surface area contributed by atoms with Crippen LogP contribution in [0.25, 0.3) is 0 Å². The third-order valence-electron chi connectivity index (χ3n) is 6.58. The minimum absolute atomic E-state index is 0.0812. The summed E-state index contributed by atoms with van der Waals surface area (Å²) in [6.07, 6.45) is 7.31. The van der Waals surface area contributed by atoms with Gasteiger partial charge < -0.3 is 14.8 Å². The molecule has 0 aromatic heterocycles. The van der Waals surface area contributed by atoms with E-state index in [4.69, 9.17) is 9.47 Å². The van der Waals surface area contributed by atoms with E-state index in [1.54, 1.807) is 0 Å². The van der Waals surface area contributed by atoms with Crippen LogP contribution in [-0.4, -0.2) is 25.2 Å². The summed E-state index contributed by atoms with van der Waals surface area (Å²) in [5.41, 5.74) is -0.0812. The number of amides is 1. The average Bonchev–Trinajstić information content (AvgIpc) is 2.58. The quantitative estimate of drug-likeness (QED) is 0.928. The van der Waals surface area contributed by atoms with E-state index in [2.05, 4.69) is 5.32 Å². The van der Waals surface area contributed by atoms with E-state index in [0.29, 0.717) is 13.2 Å². The number of rotatable bonds is 3. The second-order valence-corrected chi connectivity index (χ2v) is 8.41. The van der Waals surface area contributed by atoms with Crippen LogP contribution in [0.1, 0.15) is 38.5 Å². The van der Waals surface area contributed by atoms with Crippen molar-refractivity contribution in [3.63, 3.8) is 0 Å². The molecule has 4 nitrogen and oxygen atoms in total. The van der Waals surface area contributed by atoms with Gasteiger partial charge in [0.05, 0.1) is 6.54 Å². The molecule has 1 aromatic rings. The first kappa shape index (κ1) is 14.6. The van der Waals surface area contributed by atoms with Crippen LogP contribution in [0.3, 0.4) is 0 Å². The van der Waals surface area contributed by atoms with Crippen molar-refractivity contribution in [2.45, 2.75) is 44.6 Å². The van der Waals surface area contributed by atoms with E-state index in [0.717, 1.165) is 48.5 Å². The zero-order valence-electron chi connectivity index (χ0n) is 14.0. The Kier molecular flexibility index (Phi) is 3.29. The zero-order chi connectivity index (χ0) is 16.1. The van der Waals surface area contributed by atoms with E-state index in [1.165, 1.54) is 19.3 Å². The maximum atomic E-state index is 13.0. The third-order valence-corrected chi connectivity index (χ3v) is 6.58. The Labute approximate surface area is 142 Å². The lowest BCUT2D eigenvalue weighted by molar-refractivity contribution is -0.146.